The van der Waals surface area contributed by atoms with E-state index >= 15 is 0 Å². The van der Waals surface area contributed by atoms with Gasteiger partial charge in [0.1, 0.15) is 5.82 Å². The van der Waals surface area contributed by atoms with Crippen LogP contribution in [0.2, 0.25) is 0 Å². The van der Waals surface area contributed by atoms with Crippen LogP contribution in [0.1, 0.15) is 5.89 Å². The van der Waals surface area contributed by atoms with Crippen LogP contribution in [0.3, 0.4) is 0 Å². The topological polar surface area (TPSA) is 133 Å². The number of hydrogen-bond donors (Lipinski definition) is 2. The number of pyridine rings is 1. The van der Waals surface area contributed by atoms with E-state index in [1.807, 2.05) is 0 Å². The Morgan fingerprint density at radius 1 is 1.50 bits per heavy atom. The third-order valence-corrected chi connectivity index (χ3v) is 2.71. The van der Waals surface area contributed by atoms with E-state index in [0.717, 1.165) is 11.8 Å². The Hall–Kier alpha value is -2.20. The van der Waals surface area contributed by atoms with Crippen LogP contribution in [0.15, 0.2) is 26.8 Å². The first-order valence-corrected chi connectivity index (χ1v) is 5.52. The molecule has 0 unspecified atom stereocenters. The lowest BCUT2D eigenvalue weighted by Gasteiger charge is -2.02. The van der Waals surface area contributed by atoms with Gasteiger partial charge in [0, 0.05) is 13.0 Å². The predicted molar refractivity (Wildman–Crippen MR) is 61.9 cm³/mol. The Bertz CT molecular complexity index is 586. The molecular weight excluding hydrogens is 260 g/mol. The third-order valence-electron chi connectivity index (χ3n) is 1.88. The molecule has 0 atom stereocenters. The molecule has 2 aromatic heterocycles. The van der Waals surface area contributed by atoms with E-state index in [2.05, 4.69) is 20.6 Å². The zero-order valence-corrected chi connectivity index (χ0v) is 9.97. The molecule has 18 heavy (non-hydrogen) atoms. The highest BCUT2D eigenvalue weighted by Gasteiger charge is 2.19. The second-order valence-corrected chi connectivity index (χ2v) is 4.05. The number of hydrazine groups is 1. The minimum atomic E-state index is -0.543. The number of aromatic nitrogens is 3. The molecule has 9 nitrogen and oxygen atoms in total. The Kier molecular flexibility index (Phi) is 3.39. The molecule has 2 aromatic rings. The molecule has 0 saturated carbocycles. The summed E-state index contributed by atoms with van der Waals surface area (Å²) in [4.78, 5) is 14.3. The van der Waals surface area contributed by atoms with Gasteiger partial charge in [0.25, 0.3) is 5.22 Å². The van der Waals surface area contributed by atoms with Gasteiger partial charge in [-0.05, 0) is 17.8 Å². The van der Waals surface area contributed by atoms with Gasteiger partial charge in [-0.2, -0.15) is 0 Å². The summed E-state index contributed by atoms with van der Waals surface area (Å²) in [5, 5.41) is 18.5. The smallest absolute Gasteiger partial charge is 0.302 e. The first-order valence-electron chi connectivity index (χ1n) is 4.70. The zero-order valence-electron chi connectivity index (χ0n) is 9.15. The van der Waals surface area contributed by atoms with Crippen LogP contribution in [0.5, 0.6) is 0 Å². The molecule has 94 valence electrons. The van der Waals surface area contributed by atoms with Crippen molar-refractivity contribution in [3.05, 3.63) is 28.1 Å². The lowest BCUT2D eigenvalue weighted by molar-refractivity contribution is -0.388. The van der Waals surface area contributed by atoms with Gasteiger partial charge in [0.15, 0.2) is 5.03 Å². The molecule has 0 bridgehead atoms. The van der Waals surface area contributed by atoms with Crippen molar-refractivity contribution in [2.45, 2.75) is 17.2 Å². The molecule has 0 radical (unpaired) electrons. The highest BCUT2D eigenvalue weighted by Crippen LogP contribution is 2.33. The largest absolute Gasteiger partial charge is 0.416 e. The maximum atomic E-state index is 10.9. The van der Waals surface area contributed by atoms with Crippen molar-refractivity contribution in [2.24, 2.45) is 5.84 Å². The van der Waals surface area contributed by atoms with Gasteiger partial charge >= 0.3 is 5.69 Å². The predicted octanol–water partition coefficient (Wildman–Crippen LogP) is 1.12. The van der Waals surface area contributed by atoms with E-state index < -0.39 is 4.92 Å². The maximum Gasteiger partial charge on any atom is 0.302 e. The molecule has 0 aliphatic rings. The van der Waals surface area contributed by atoms with E-state index in [0.29, 0.717) is 11.7 Å². The molecule has 0 spiro atoms. The van der Waals surface area contributed by atoms with Gasteiger partial charge in [0.2, 0.25) is 5.89 Å². The first kappa shape index (κ1) is 12.3. The molecule has 0 aliphatic heterocycles. The summed E-state index contributed by atoms with van der Waals surface area (Å²) in [6.45, 7) is 1.62. The third kappa shape index (κ3) is 2.55. The Labute approximate surface area is 105 Å². The number of nitrogens with zero attached hydrogens (tertiary/aromatic N) is 4. The molecule has 10 heteroatoms. The fraction of sp³-hybridized carbons (Fsp3) is 0.125. The summed E-state index contributed by atoms with van der Waals surface area (Å²) >= 11 is 0.904. The highest BCUT2D eigenvalue weighted by atomic mass is 32.2. The summed E-state index contributed by atoms with van der Waals surface area (Å²) < 4.78 is 5.12. The van der Waals surface area contributed by atoms with Gasteiger partial charge in [-0.15, -0.1) is 10.2 Å². The standard InChI is InChI=1S/C8H8N6O3S/c1-4-12-13-8(17-4)18-7-5(14(15)16)2-3-6(10-7)11-9/h2-3H,9H2,1H3,(H,10,11). The second kappa shape index (κ2) is 4.98. The zero-order chi connectivity index (χ0) is 13.1. The van der Waals surface area contributed by atoms with Crippen molar-refractivity contribution in [1.29, 1.82) is 0 Å². The molecule has 0 amide bonds. The van der Waals surface area contributed by atoms with Crippen LogP contribution in [-0.4, -0.2) is 20.1 Å². The van der Waals surface area contributed by atoms with Crippen LogP contribution in [-0.2, 0) is 0 Å². The van der Waals surface area contributed by atoms with Crippen LogP contribution < -0.4 is 11.3 Å². The fourth-order valence-electron chi connectivity index (χ4n) is 1.13. The molecular formula is C8H8N6O3S. The van der Waals surface area contributed by atoms with Gasteiger partial charge in [-0.25, -0.2) is 10.8 Å². The summed E-state index contributed by atoms with van der Waals surface area (Å²) in [5.74, 6) is 5.87. The first-order chi connectivity index (χ1) is 8.60. The minimum Gasteiger partial charge on any atom is -0.416 e. The van der Waals surface area contributed by atoms with Crippen molar-refractivity contribution in [1.82, 2.24) is 15.2 Å². The monoisotopic (exact) mass is 268 g/mol. The van der Waals surface area contributed by atoms with Gasteiger partial charge in [-0.1, -0.05) is 0 Å². The number of aryl methyl sites for hydroxylation is 1. The van der Waals surface area contributed by atoms with Crippen molar-refractivity contribution in [3.63, 3.8) is 0 Å². The van der Waals surface area contributed by atoms with Crippen molar-refractivity contribution in [2.75, 3.05) is 5.43 Å². The van der Waals surface area contributed by atoms with E-state index in [-0.39, 0.29) is 15.9 Å². The normalized spacial score (nSPS) is 10.3. The molecule has 0 saturated heterocycles. The SMILES string of the molecule is Cc1nnc(Sc2nc(NN)ccc2[N+](=O)[O-])o1. The maximum absolute atomic E-state index is 10.9. The Balaban J connectivity index is 2.37. The Morgan fingerprint density at radius 2 is 2.28 bits per heavy atom. The van der Waals surface area contributed by atoms with E-state index in [1.54, 1.807) is 6.92 Å². The summed E-state index contributed by atoms with van der Waals surface area (Å²) in [7, 11) is 0. The van der Waals surface area contributed by atoms with Crippen LogP contribution in [0.25, 0.3) is 0 Å². The molecule has 0 fully saturated rings. The number of rotatable bonds is 4. The van der Waals surface area contributed by atoms with Crippen molar-refractivity contribution >= 4 is 23.3 Å². The van der Waals surface area contributed by atoms with Gasteiger partial charge in [0.05, 0.1) is 4.92 Å². The van der Waals surface area contributed by atoms with Crippen molar-refractivity contribution < 1.29 is 9.34 Å². The number of nitrogens with two attached hydrogens (primary N) is 1. The average Bonchev–Trinajstić information content (AvgIpc) is 2.74. The number of nitrogens with one attached hydrogen (secondary N) is 1. The van der Waals surface area contributed by atoms with Crippen LogP contribution in [0, 0.1) is 17.0 Å². The van der Waals surface area contributed by atoms with Crippen molar-refractivity contribution in [3.8, 4) is 0 Å². The van der Waals surface area contributed by atoms with Gasteiger partial charge in [-0.3, -0.25) is 10.1 Å². The molecule has 0 aliphatic carbocycles. The van der Waals surface area contributed by atoms with E-state index in [4.69, 9.17) is 10.3 Å². The van der Waals surface area contributed by atoms with Crippen LogP contribution in [0.4, 0.5) is 11.5 Å². The molecule has 3 N–H and O–H groups in total. The Morgan fingerprint density at radius 3 is 2.83 bits per heavy atom. The minimum absolute atomic E-state index is 0.124. The molecule has 2 heterocycles. The number of anilines is 1. The van der Waals surface area contributed by atoms with E-state index in [9.17, 15) is 10.1 Å². The lowest BCUT2D eigenvalue weighted by Crippen LogP contribution is -2.09. The summed E-state index contributed by atoms with van der Waals surface area (Å²) in [6.07, 6.45) is 0. The second-order valence-electron chi connectivity index (χ2n) is 3.11. The average molecular weight is 268 g/mol. The highest BCUT2D eigenvalue weighted by molar-refractivity contribution is 7.99. The van der Waals surface area contributed by atoms with Crippen LogP contribution >= 0.6 is 11.8 Å². The number of nitrogen functional groups attached to an aromatic ring is 1. The van der Waals surface area contributed by atoms with E-state index in [1.165, 1.54) is 12.1 Å². The quantitative estimate of drug-likeness (QED) is 0.475. The number of hydrogen-bond acceptors (Lipinski definition) is 9. The number of nitro groups is 1. The fourth-order valence-corrected chi connectivity index (χ4v) is 1.93. The summed E-state index contributed by atoms with van der Waals surface area (Å²) in [6, 6.07) is 2.70. The van der Waals surface area contributed by atoms with Gasteiger partial charge < -0.3 is 9.84 Å². The lowest BCUT2D eigenvalue weighted by atomic mass is 10.4. The molecule has 2 rings (SSSR count). The summed E-state index contributed by atoms with van der Waals surface area (Å²) in [5.41, 5.74) is 2.15. The molecule has 0 aromatic carbocycles.